The number of aryl methyl sites for hydroxylation is 4. The van der Waals surface area contributed by atoms with Gasteiger partial charge in [-0.15, -0.1) is 0 Å². The molecule has 0 amide bonds. The molecule has 2 heteroatoms. The summed E-state index contributed by atoms with van der Waals surface area (Å²) in [4.78, 5) is 0. The number of hydrogen-bond donors (Lipinski definition) is 1. The Kier molecular flexibility index (Phi) is 3.58. The first-order valence-electron chi connectivity index (χ1n) is 6.36. The van der Waals surface area contributed by atoms with E-state index < -0.39 is 0 Å². The third kappa shape index (κ3) is 2.65. The summed E-state index contributed by atoms with van der Waals surface area (Å²) in [5.41, 5.74) is 11.3. The van der Waals surface area contributed by atoms with Gasteiger partial charge in [0.15, 0.2) is 0 Å². The molecule has 2 nitrogen and oxygen atoms in total. The molecular weight excluding hydrogens is 222 g/mol. The van der Waals surface area contributed by atoms with E-state index in [1.54, 1.807) is 0 Å². The summed E-state index contributed by atoms with van der Waals surface area (Å²) in [6.07, 6.45) is 0.854. The lowest BCUT2D eigenvalue weighted by molar-refractivity contribution is 0.497. The van der Waals surface area contributed by atoms with Gasteiger partial charge >= 0.3 is 0 Å². The highest BCUT2D eigenvalue weighted by Gasteiger charge is 2.14. The van der Waals surface area contributed by atoms with Crippen molar-refractivity contribution in [2.75, 3.05) is 0 Å². The summed E-state index contributed by atoms with van der Waals surface area (Å²) in [7, 11) is 0. The van der Waals surface area contributed by atoms with E-state index in [2.05, 4.69) is 32.0 Å². The van der Waals surface area contributed by atoms with Crippen LogP contribution in [0.5, 0.6) is 0 Å². The average molecular weight is 243 g/mol. The Labute approximate surface area is 109 Å². The fourth-order valence-corrected chi connectivity index (χ4v) is 2.39. The number of hydrogen-bond acceptors (Lipinski definition) is 2. The van der Waals surface area contributed by atoms with E-state index in [-0.39, 0.29) is 6.04 Å². The highest BCUT2D eigenvalue weighted by Crippen LogP contribution is 2.24. The highest BCUT2D eigenvalue weighted by molar-refractivity contribution is 5.33. The van der Waals surface area contributed by atoms with Crippen molar-refractivity contribution < 1.29 is 4.42 Å². The molecule has 1 aromatic heterocycles. The molecule has 2 N–H and O–H groups in total. The second-order valence-electron chi connectivity index (χ2n) is 5.11. The standard InChI is InChI=1S/C16H21NO/c1-10-5-6-11(2)14(7-10)9-16(17)15-8-12(3)18-13(15)4/h5-8,16H,9,17H2,1-4H3. The molecule has 0 spiro atoms. The van der Waals surface area contributed by atoms with Crippen LogP contribution < -0.4 is 5.73 Å². The van der Waals surface area contributed by atoms with Crippen LogP contribution in [0.1, 0.15) is 39.8 Å². The molecule has 18 heavy (non-hydrogen) atoms. The van der Waals surface area contributed by atoms with Crippen molar-refractivity contribution >= 4 is 0 Å². The van der Waals surface area contributed by atoms with Crippen LogP contribution in [-0.2, 0) is 6.42 Å². The summed E-state index contributed by atoms with van der Waals surface area (Å²) in [6.45, 7) is 8.18. The Morgan fingerprint density at radius 2 is 1.83 bits per heavy atom. The van der Waals surface area contributed by atoms with E-state index in [9.17, 15) is 0 Å². The highest BCUT2D eigenvalue weighted by atomic mass is 16.3. The van der Waals surface area contributed by atoms with E-state index in [0.29, 0.717) is 0 Å². The molecule has 96 valence electrons. The Bertz CT molecular complexity index is 554. The van der Waals surface area contributed by atoms with Crippen LogP contribution in [0.3, 0.4) is 0 Å². The molecule has 0 saturated heterocycles. The first kappa shape index (κ1) is 12.9. The van der Waals surface area contributed by atoms with E-state index in [1.165, 1.54) is 16.7 Å². The predicted molar refractivity (Wildman–Crippen MR) is 74.7 cm³/mol. The SMILES string of the molecule is Cc1ccc(C)c(CC(N)c2cc(C)oc2C)c1. The Morgan fingerprint density at radius 1 is 1.11 bits per heavy atom. The first-order chi connectivity index (χ1) is 8.47. The molecule has 0 aliphatic heterocycles. The fourth-order valence-electron chi connectivity index (χ4n) is 2.39. The van der Waals surface area contributed by atoms with Gasteiger partial charge in [0.25, 0.3) is 0 Å². The summed E-state index contributed by atoms with van der Waals surface area (Å²) < 4.78 is 5.55. The molecule has 2 rings (SSSR count). The second-order valence-corrected chi connectivity index (χ2v) is 5.11. The van der Waals surface area contributed by atoms with Crippen LogP contribution in [0.4, 0.5) is 0 Å². The summed E-state index contributed by atoms with van der Waals surface area (Å²) in [5, 5.41) is 0. The van der Waals surface area contributed by atoms with Gasteiger partial charge in [-0.1, -0.05) is 23.8 Å². The zero-order chi connectivity index (χ0) is 13.3. The van der Waals surface area contributed by atoms with Crippen LogP contribution >= 0.6 is 0 Å². The van der Waals surface area contributed by atoms with E-state index in [0.717, 1.165) is 23.5 Å². The van der Waals surface area contributed by atoms with Crippen LogP contribution in [-0.4, -0.2) is 0 Å². The summed E-state index contributed by atoms with van der Waals surface area (Å²) >= 11 is 0. The van der Waals surface area contributed by atoms with Gasteiger partial charge in [0.05, 0.1) is 0 Å². The first-order valence-corrected chi connectivity index (χ1v) is 6.36. The number of rotatable bonds is 3. The number of benzene rings is 1. The van der Waals surface area contributed by atoms with Crippen molar-refractivity contribution in [3.05, 3.63) is 58.0 Å². The quantitative estimate of drug-likeness (QED) is 0.891. The summed E-state index contributed by atoms with van der Waals surface area (Å²) in [6, 6.07) is 8.56. The van der Waals surface area contributed by atoms with E-state index in [4.69, 9.17) is 10.2 Å². The molecule has 0 fully saturated rings. The van der Waals surface area contributed by atoms with Gasteiger partial charge in [0, 0.05) is 11.6 Å². The molecule has 1 unspecified atom stereocenters. The van der Waals surface area contributed by atoms with Gasteiger partial charge in [-0.05, 0) is 51.3 Å². The Morgan fingerprint density at radius 3 is 2.44 bits per heavy atom. The molecule has 0 saturated carbocycles. The lowest BCUT2D eigenvalue weighted by Gasteiger charge is -2.13. The Balaban J connectivity index is 2.23. The maximum atomic E-state index is 6.30. The maximum absolute atomic E-state index is 6.30. The topological polar surface area (TPSA) is 39.2 Å². The summed E-state index contributed by atoms with van der Waals surface area (Å²) in [5.74, 6) is 1.87. The van der Waals surface area contributed by atoms with Gasteiger partial charge in [-0.2, -0.15) is 0 Å². The molecule has 0 aliphatic rings. The van der Waals surface area contributed by atoms with Crippen molar-refractivity contribution in [3.8, 4) is 0 Å². The zero-order valence-corrected chi connectivity index (χ0v) is 11.6. The minimum Gasteiger partial charge on any atom is -0.466 e. The Hall–Kier alpha value is -1.54. The number of furan rings is 1. The largest absolute Gasteiger partial charge is 0.466 e. The predicted octanol–water partition coefficient (Wildman–Crippen LogP) is 3.76. The molecule has 1 aromatic carbocycles. The smallest absolute Gasteiger partial charge is 0.105 e. The van der Waals surface area contributed by atoms with Crippen molar-refractivity contribution in [1.82, 2.24) is 0 Å². The lowest BCUT2D eigenvalue weighted by atomic mass is 9.95. The van der Waals surface area contributed by atoms with Crippen LogP contribution in [0.25, 0.3) is 0 Å². The van der Waals surface area contributed by atoms with Crippen molar-refractivity contribution in [2.45, 2.75) is 40.2 Å². The van der Waals surface area contributed by atoms with Gasteiger partial charge in [-0.3, -0.25) is 0 Å². The monoisotopic (exact) mass is 243 g/mol. The molecule has 0 aliphatic carbocycles. The van der Waals surface area contributed by atoms with E-state index >= 15 is 0 Å². The molecular formula is C16H21NO. The average Bonchev–Trinajstić information content (AvgIpc) is 2.63. The van der Waals surface area contributed by atoms with Gasteiger partial charge in [-0.25, -0.2) is 0 Å². The molecule has 1 heterocycles. The zero-order valence-electron chi connectivity index (χ0n) is 11.6. The maximum Gasteiger partial charge on any atom is 0.105 e. The van der Waals surface area contributed by atoms with Crippen LogP contribution in [0.15, 0.2) is 28.7 Å². The molecule has 1 atom stereocenters. The van der Waals surface area contributed by atoms with Crippen molar-refractivity contribution in [1.29, 1.82) is 0 Å². The van der Waals surface area contributed by atoms with Crippen molar-refractivity contribution in [3.63, 3.8) is 0 Å². The molecule has 0 bridgehead atoms. The van der Waals surface area contributed by atoms with Gasteiger partial charge < -0.3 is 10.2 Å². The van der Waals surface area contributed by atoms with Crippen molar-refractivity contribution in [2.24, 2.45) is 5.73 Å². The van der Waals surface area contributed by atoms with Gasteiger partial charge in [0.2, 0.25) is 0 Å². The third-order valence-electron chi connectivity index (χ3n) is 3.42. The normalized spacial score (nSPS) is 12.7. The molecule has 2 aromatic rings. The number of nitrogens with two attached hydrogens (primary N) is 1. The van der Waals surface area contributed by atoms with Crippen LogP contribution in [0.2, 0.25) is 0 Å². The fraction of sp³-hybridized carbons (Fsp3) is 0.375. The minimum absolute atomic E-state index is 0.00273. The molecule has 0 radical (unpaired) electrons. The van der Waals surface area contributed by atoms with Gasteiger partial charge in [0.1, 0.15) is 11.5 Å². The second kappa shape index (κ2) is 4.99. The van der Waals surface area contributed by atoms with E-state index in [1.807, 2.05) is 19.9 Å². The lowest BCUT2D eigenvalue weighted by Crippen LogP contribution is -2.14. The minimum atomic E-state index is 0.00273. The third-order valence-corrected chi connectivity index (χ3v) is 3.42. The van der Waals surface area contributed by atoms with Crippen LogP contribution in [0, 0.1) is 27.7 Å².